The molecular formula is C33H28FN3O6. The van der Waals surface area contributed by atoms with Crippen molar-refractivity contribution in [3.8, 4) is 11.5 Å². The van der Waals surface area contributed by atoms with E-state index >= 15 is 0 Å². The van der Waals surface area contributed by atoms with Crippen molar-refractivity contribution in [1.82, 2.24) is 4.90 Å². The van der Waals surface area contributed by atoms with Gasteiger partial charge in [0, 0.05) is 12.2 Å². The minimum absolute atomic E-state index is 0.0431. The standard InChI is InChI=1S/C33H28FN3O6/c1-42-25-15-7-21(8-16-25)19-37(29(38)20-36-28-6-4-3-5-27(28)31(39)33(36)41)30(22-9-11-23(34)12-10-22)32(40)35-24-13-17-26(43-2)18-14-24/h3-18,30H,19-20H2,1-2H3,(H,35,40)/t30-/m1/s1. The monoisotopic (exact) mass is 581 g/mol. The molecule has 1 heterocycles. The number of rotatable bonds is 10. The molecule has 0 unspecified atom stereocenters. The number of anilines is 2. The lowest BCUT2D eigenvalue weighted by atomic mass is 10.0. The van der Waals surface area contributed by atoms with Crippen LogP contribution in [0.5, 0.6) is 11.5 Å². The summed E-state index contributed by atoms with van der Waals surface area (Å²) in [6, 6.07) is 24.1. The molecule has 0 fully saturated rings. The predicted molar refractivity (Wildman–Crippen MR) is 157 cm³/mol. The SMILES string of the molecule is COc1ccc(CN(C(=O)CN2C(=O)C(=O)c3ccccc32)[C@@H](C(=O)Nc2ccc(OC)cc2)c2ccc(F)cc2)cc1. The lowest BCUT2D eigenvalue weighted by molar-refractivity contribution is -0.139. The number of ketones is 1. The van der Waals surface area contributed by atoms with Crippen LogP contribution >= 0.6 is 0 Å². The number of fused-ring (bicyclic) bond motifs is 1. The highest BCUT2D eigenvalue weighted by Crippen LogP contribution is 2.31. The number of hydrogen-bond acceptors (Lipinski definition) is 6. The zero-order valence-corrected chi connectivity index (χ0v) is 23.5. The van der Waals surface area contributed by atoms with Crippen molar-refractivity contribution in [2.24, 2.45) is 0 Å². The van der Waals surface area contributed by atoms with E-state index in [-0.39, 0.29) is 12.1 Å². The molecule has 0 saturated heterocycles. The van der Waals surface area contributed by atoms with Gasteiger partial charge in [0.2, 0.25) is 5.91 Å². The Morgan fingerprint density at radius 2 is 1.44 bits per heavy atom. The van der Waals surface area contributed by atoms with Crippen molar-refractivity contribution in [1.29, 1.82) is 0 Å². The highest BCUT2D eigenvalue weighted by Gasteiger charge is 2.39. The van der Waals surface area contributed by atoms with Crippen LogP contribution in [0.15, 0.2) is 97.1 Å². The maximum Gasteiger partial charge on any atom is 0.299 e. The smallest absolute Gasteiger partial charge is 0.299 e. The number of para-hydroxylation sites is 1. The lowest BCUT2D eigenvalue weighted by Gasteiger charge is -2.33. The highest BCUT2D eigenvalue weighted by atomic mass is 19.1. The van der Waals surface area contributed by atoms with Crippen LogP contribution in [0.2, 0.25) is 0 Å². The molecule has 0 aliphatic carbocycles. The van der Waals surface area contributed by atoms with Crippen LogP contribution in [0.4, 0.5) is 15.8 Å². The van der Waals surface area contributed by atoms with Gasteiger partial charge in [-0.2, -0.15) is 0 Å². The second-order valence-electron chi connectivity index (χ2n) is 9.78. The summed E-state index contributed by atoms with van der Waals surface area (Å²) in [5.74, 6) is -2.03. The molecule has 1 aliphatic heterocycles. The van der Waals surface area contributed by atoms with Gasteiger partial charge in [-0.3, -0.25) is 24.1 Å². The fraction of sp³-hybridized carbons (Fsp3) is 0.152. The van der Waals surface area contributed by atoms with Gasteiger partial charge in [0.25, 0.3) is 17.6 Å². The van der Waals surface area contributed by atoms with E-state index in [0.717, 1.165) is 4.90 Å². The quantitative estimate of drug-likeness (QED) is 0.270. The molecule has 5 rings (SSSR count). The number of amides is 3. The number of nitrogens with one attached hydrogen (secondary N) is 1. The van der Waals surface area contributed by atoms with Gasteiger partial charge in [-0.1, -0.05) is 36.4 Å². The maximum absolute atomic E-state index is 14.1. The van der Waals surface area contributed by atoms with Gasteiger partial charge in [-0.15, -0.1) is 0 Å². The summed E-state index contributed by atoms with van der Waals surface area (Å²) in [4.78, 5) is 56.1. The number of halogens is 1. The van der Waals surface area contributed by atoms with Crippen molar-refractivity contribution in [3.05, 3.63) is 120 Å². The van der Waals surface area contributed by atoms with E-state index in [1.807, 2.05) is 0 Å². The molecule has 9 nitrogen and oxygen atoms in total. The number of nitrogens with zero attached hydrogens (tertiary/aromatic N) is 2. The van der Waals surface area contributed by atoms with Crippen LogP contribution in [-0.2, 0) is 20.9 Å². The van der Waals surface area contributed by atoms with Gasteiger partial charge < -0.3 is 19.7 Å². The van der Waals surface area contributed by atoms with E-state index in [4.69, 9.17) is 9.47 Å². The second-order valence-corrected chi connectivity index (χ2v) is 9.78. The number of Topliss-reactive ketones (excluding diaryl/α,β-unsaturated/α-hetero) is 1. The first-order valence-corrected chi connectivity index (χ1v) is 13.4. The molecule has 4 aromatic rings. The average Bonchev–Trinajstić information content (AvgIpc) is 3.27. The minimum atomic E-state index is -1.24. The van der Waals surface area contributed by atoms with E-state index in [0.29, 0.717) is 34.0 Å². The van der Waals surface area contributed by atoms with Crippen LogP contribution in [0, 0.1) is 5.82 Å². The average molecular weight is 582 g/mol. The molecule has 1 N–H and O–H groups in total. The summed E-state index contributed by atoms with van der Waals surface area (Å²) in [6.45, 7) is -0.538. The predicted octanol–water partition coefficient (Wildman–Crippen LogP) is 4.78. The summed E-state index contributed by atoms with van der Waals surface area (Å²) >= 11 is 0. The molecule has 43 heavy (non-hydrogen) atoms. The van der Waals surface area contributed by atoms with Crippen molar-refractivity contribution in [2.75, 3.05) is 31.0 Å². The topological polar surface area (TPSA) is 105 Å². The van der Waals surface area contributed by atoms with Crippen LogP contribution in [0.25, 0.3) is 0 Å². The highest BCUT2D eigenvalue weighted by molar-refractivity contribution is 6.52. The fourth-order valence-electron chi connectivity index (χ4n) is 4.89. The van der Waals surface area contributed by atoms with Gasteiger partial charge in [0.05, 0.1) is 25.5 Å². The molecule has 1 aliphatic rings. The van der Waals surface area contributed by atoms with Gasteiger partial charge in [0.1, 0.15) is 29.9 Å². The third-order valence-corrected chi connectivity index (χ3v) is 7.11. The third-order valence-electron chi connectivity index (χ3n) is 7.11. The van der Waals surface area contributed by atoms with Gasteiger partial charge in [0.15, 0.2) is 0 Å². The first-order chi connectivity index (χ1) is 20.8. The number of carbonyl (C=O) groups excluding carboxylic acids is 4. The Labute approximate surface area is 247 Å². The molecule has 10 heteroatoms. The zero-order valence-electron chi connectivity index (χ0n) is 23.5. The molecule has 4 aromatic carbocycles. The van der Waals surface area contributed by atoms with Crippen LogP contribution in [0.3, 0.4) is 0 Å². The van der Waals surface area contributed by atoms with Crippen LogP contribution in [0.1, 0.15) is 27.5 Å². The number of methoxy groups -OCH3 is 2. The third kappa shape index (κ3) is 6.23. The summed E-state index contributed by atoms with van der Waals surface area (Å²) in [7, 11) is 3.06. The Morgan fingerprint density at radius 1 is 0.837 bits per heavy atom. The lowest BCUT2D eigenvalue weighted by Crippen LogP contribution is -2.46. The van der Waals surface area contributed by atoms with Crippen LogP contribution in [-0.4, -0.2) is 49.2 Å². The number of benzene rings is 4. The Balaban J connectivity index is 1.54. The molecule has 0 aromatic heterocycles. The largest absolute Gasteiger partial charge is 0.497 e. The van der Waals surface area contributed by atoms with E-state index in [1.54, 1.807) is 66.7 Å². The summed E-state index contributed by atoms with van der Waals surface area (Å²) in [5, 5.41) is 2.83. The number of hydrogen-bond donors (Lipinski definition) is 1. The van der Waals surface area contributed by atoms with Crippen molar-refractivity contribution < 1.29 is 33.0 Å². The molecule has 1 atom stereocenters. The molecule has 0 spiro atoms. The number of ether oxygens (including phenoxy) is 2. The first kappa shape index (κ1) is 29.0. The van der Waals surface area contributed by atoms with Crippen molar-refractivity contribution >= 4 is 34.9 Å². The molecule has 0 saturated carbocycles. The fourth-order valence-corrected chi connectivity index (χ4v) is 4.89. The van der Waals surface area contributed by atoms with E-state index in [2.05, 4.69) is 5.32 Å². The molecule has 218 valence electrons. The van der Waals surface area contributed by atoms with E-state index < -0.39 is 41.9 Å². The Bertz CT molecular complexity index is 1660. The van der Waals surface area contributed by atoms with Crippen molar-refractivity contribution in [3.63, 3.8) is 0 Å². The second kappa shape index (κ2) is 12.6. The Morgan fingerprint density at radius 3 is 2.07 bits per heavy atom. The van der Waals surface area contributed by atoms with Gasteiger partial charge in [-0.05, 0) is 71.8 Å². The summed E-state index contributed by atoms with van der Waals surface area (Å²) < 4.78 is 24.4. The van der Waals surface area contributed by atoms with E-state index in [1.165, 1.54) is 49.5 Å². The molecule has 3 amide bonds. The first-order valence-electron chi connectivity index (χ1n) is 13.4. The summed E-state index contributed by atoms with van der Waals surface area (Å²) in [5.41, 5.74) is 1.98. The number of carbonyl (C=O) groups is 4. The van der Waals surface area contributed by atoms with E-state index in [9.17, 15) is 23.6 Å². The molecular weight excluding hydrogens is 553 g/mol. The Hall–Kier alpha value is -5.51. The van der Waals surface area contributed by atoms with Gasteiger partial charge in [-0.25, -0.2) is 4.39 Å². The minimum Gasteiger partial charge on any atom is -0.497 e. The van der Waals surface area contributed by atoms with Crippen LogP contribution < -0.4 is 19.7 Å². The maximum atomic E-state index is 14.1. The zero-order chi connectivity index (χ0) is 30.5. The van der Waals surface area contributed by atoms with Crippen molar-refractivity contribution in [2.45, 2.75) is 12.6 Å². The molecule has 0 radical (unpaired) electrons. The van der Waals surface area contributed by atoms with Gasteiger partial charge >= 0.3 is 0 Å². The Kier molecular flexibility index (Phi) is 8.47. The summed E-state index contributed by atoms with van der Waals surface area (Å²) in [6.07, 6.45) is 0. The molecule has 0 bridgehead atoms. The normalized spacial score (nSPS) is 12.9.